The van der Waals surface area contributed by atoms with Gasteiger partial charge in [0.15, 0.2) is 5.65 Å². The largest absolute Gasteiger partial charge is 0.369 e. The third kappa shape index (κ3) is 2.46. The Labute approximate surface area is 100 Å². The van der Waals surface area contributed by atoms with Gasteiger partial charge in [0.2, 0.25) is 5.95 Å². The van der Waals surface area contributed by atoms with E-state index in [4.69, 9.17) is 5.73 Å². The van der Waals surface area contributed by atoms with Gasteiger partial charge < -0.3 is 11.1 Å². The summed E-state index contributed by atoms with van der Waals surface area (Å²) in [6.45, 7) is 7.46. The Morgan fingerprint density at radius 2 is 2.12 bits per heavy atom. The van der Waals surface area contributed by atoms with Crippen LogP contribution in [-0.4, -0.2) is 26.7 Å². The lowest BCUT2D eigenvalue weighted by Crippen LogP contribution is -2.17. The zero-order valence-corrected chi connectivity index (χ0v) is 10.4. The molecule has 2 heterocycles. The van der Waals surface area contributed by atoms with Crippen LogP contribution in [0.5, 0.6) is 0 Å². The average Bonchev–Trinajstić information content (AvgIpc) is 2.72. The van der Waals surface area contributed by atoms with Crippen molar-refractivity contribution in [3.8, 4) is 0 Å². The maximum atomic E-state index is 5.64. The van der Waals surface area contributed by atoms with E-state index < -0.39 is 0 Å². The summed E-state index contributed by atoms with van der Waals surface area (Å²) in [7, 11) is 0. The number of H-pyrrole nitrogens is 1. The van der Waals surface area contributed by atoms with E-state index in [2.05, 4.69) is 46.3 Å². The van der Waals surface area contributed by atoms with Crippen LogP contribution < -0.4 is 11.1 Å². The number of rotatable bonds is 4. The fraction of sp³-hybridized carbons (Fsp3) is 0.545. The van der Waals surface area contributed by atoms with Crippen molar-refractivity contribution in [2.45, 2.75) is 20.8 Å². The fourth-order valence-corrected chi connectivity index (χ4v) is 1.48. The van der Waals surface area contributed by atoms with Crippen molar-refractivity contribution in [2.24, 2.45) is 11.8 Å². The first-order chi connectivity index (χ1) is 8.08. The third-order valence-electron chi connectivity index (χ3n) is 3.06. The zero-order chi connectivity index (χ0) is 12.4. The van der Waals surface area contributed by atoms with E-state index in [9.17, 15) is 0 Å². The molecule has 0 spiro atoms. The molecule has 2 aromatic rings. The zero-order valence-electron chi connectivity index (χ0n) is 10.4. The first kappa shape index (κ1) is 11.6. The lowest BCUT2D eigenvalue weighted by atomic mass is 9.98. The van der Waals surface area contributed by atoms with Crippen LogP contribution in [0.15, 0.2) is 6.20 Å². The van der Waals surface area contributed by atoms with E-state index in [0.717, 1.165) is 17.7 Å². The van der Waals surface area contributed by atoms with Crippen molar-refractivity contribution in [1.82, 2.24) is 20.2 Å². The topological polar surface area (TPSA) is 92.5 Å². The van der Waals surface area contributed by atoms with E-state index >= 15 is 0 Å². The van der Waals surface area contributed by atoms with Crippen LogP contribution in [0.2, 0.25) is 0 Å². The third-order valence-corrected chi connectivity index (χ3v) is 3.06. The van der Waals surface area contributed by atoms with Gasteiger partial charge >= 0.3 is 0 Å². The van der Waals surface area contributed by atoms with E-state index in [1.807, 2.05) is 0 Å². The molecule has 0 aliphatic rings. The molecule has 0 saturated heterocycles. The maximum absolute atomic E-state index is 5.64. The van der Waals surface area contributed by atoms with Crippen LogP contribution in [0.25, 0.3) is 11.0 Å². The van der Waals surface area contributed by atoms with Crippen LogP contribution >= 0.6 is 0 Å². The molecule has 0 aromatic carbocycles. The molecule has 0 aliphatic heterocycles. The number of nitrogen functional groups attached to an aromatic ring is 1. The number of aromatic nitrogens is 4. The Morgan fingerprint density at radius 1 is 1.35 bits per heavy atom. The smallest absolute Gasteiger partial charge is 0.224 e. The van der Waals surface area contributed by atoms with Crippen molar-refractivity contribution in [1.29, 1.82) is 0 Å². The van der Waals surface area contributed by atoms with Crippen LogP contribution in [0.4, 0.5) is 11.8 Å². The van der Waals surface area contributed by atoms with Crippen molar-refractivity contribution in [3.05, 3.63) is 6.20 Å². The highest BCUT2D eigenvalue weighted by Crippen LogP contribution is 2.19. The van der Waals surface area contributed by atoms with Crippen LogP contribution in [0.3, 0.4) is 0 Å². The summed E-state index contributed by atoms with van der Waals surface area (Å²) in [6, 6.07) is 0. The fourth-order valence-electron chi connectivity index (χ4n) is 1.48. The molecule has 92 valence electrons. The quantitative estimate of drug-likeness (QED) is 0.747. The lowest BCUT2D eigenvalue weighted by molar-refractivity contribution is 0.439. The number of hydrogen-bond acceptors (Lipinski definition) is 5. The highest BCUT2D eigenvalue weighted by atomic mass is 15.2. The summed E-state index contributed by atoms with van der Waals surface area (Å²) in [4.78, 5) is 8.27. The molecular formula is C11H18N6. The van der Waals surface area contributed by atoms with Gasteiger partial charge in [-0.3, -0.25) is 5.10 Å². The minimum absolute atomic E-state index is 0.251. The normalized spacial score (nSPS) is 13.2. The Hall–Kier alpha value is -1.85. The van der Waals surface area contributed by atoms with Gasteiger partial charge in [-0.05, 0) is 11.8 Å². The van der Waals surface area contributed by atoms with Gasteiger partial charge in [0, 0.05) is 6.54 Å². The summed E-state index contributed by atoms with van der Waals surface area (Å²) in [5, 5.41) is 10.9. The molecule has 6 heteroatoms. The van der Waals surface area contributed by atoms with Crippen LogP contribution in [0, 0.1) is 11.8 Å². The molecule has 0 bridgehead atoms. The molecule has 0 radical (unpaired) electrons. The standard InChI is InChI=1S/C11H18N6/c1-6(2)7(3)4-13-9-8-5-14-17-10(8)16-11(12)15-9/h5-7H,4H2,1-3H3,(H4,12,13,14,15,16,17). The highest BCUT2D eigenvalue weighted by Gasteiger charge is 2.11. The minimum atomic E-state index is 0.251. The number of nitrogens with two attached hydrogens (primary N) is 1. The highest BCUT2D eigenvalue weighted by molar-refractivity contribution is 5.86. The molecule has 0 saturated carbocycles. The van der Waals surface area contributed by atoms with Crippen molar-refractivity contribution in [2.75, 3.05) is 17.6 Å². The van der Waals surface area contributed by atoms with Gasteiger partial charge in [-0.2, -0.15) is 15.1 Å². The lowest BCUT2D eigenvalue weighted by Gasteiger charge is -2.16. The van der Waals surface area contributed by atoms with E-state index in [1.165, 1.54) is 0 Å². The Morgan fingerprint density at radius 3 is 2.82 bits per heavy atom. The van der Waals surface area contributed by atoms with Crippen molar-refractivity contribution in [3.63, 3.8) is 0 Å². The number of hydrogen-bond donors (Lipinski definition) is 3. The molecule has 2 rings (SSSR count). The Bertz CT molecular complexity index is 504. The molecular weight excluding hydrogens is 216 g/mol. The molecule has 0 amide bonds. The average molecular weight is 234 g/mol. The second-order valence-electron chi connectivity index (χ2n) is 4.66. The maximum Gasteiger partial charge on any atom is 0.224 e. The Kier molecular flexibility index (Phi) is 3.12. The second kappa shape index (κ2) is 4.57. The van der Waals surface area contributed by atoms with Crippen LogP contribution in [-0.2, 0) is 0 Å². The van der Waals surface area contributed by atoms with Gasteiger partial charge in [-0.25, -0.2) is 0 Å². The van der Waals surface area contributed by atoms with E-state index in [-0.39, 0.29) is 5.95 Å². The molecule has 0 fully saturated rings. The first-order valence-electron chi connectivity index (χ1n) is 5.78. The van der Waals surface area contributed by atoms with Gasteiger partial charge in [0.1, 0.15) is 5.82 Å². The number of aromatic amines is 1. The predicted octanol–water partition coefficient (Wildman–Crippen LogP) is 1.64. The van der Waals surface area contributed by atoms with Gasteiger partial charge in [0.25, 0.3) is 0 Å². The summed E-state index contributed by atoms with van der Waals surface area (Å²) < 4.78 is 0. The van der Waals surface area contributed by atoms with Gasteiger partial charge in [0.05, 0.1) is 11.6 Å². The van der Waals surface area contributed by atoms with Crippen molar-refractivity contribution >= 4 is 22.8 Å². The summed E-state index contributed by atoms with van der Waals surface area (Å²) in [6.07, 6.45) is 1.71. The van der Waals surface area contributed by atoms with Gasteiger partial charge in [-0.1, -0.05) is 20.8 Å². The van der Waals surface area contributed by atoms with E-state index in [1.54, 1.807) is 6.20 Å². The molecule has 1 atom stereocenters. The molecule has 4 N–H and O–H groups in total. The second-order valence-corrected chi connectivity index (χ2v) is 4.66. The molecule has 2 aromatic heterocycles. The summed E-state index contributed by atoms with van der Waals surface area (Å²) >= 11 is 0. The molecule has 6 nitrogen and oxygen atoms in total. The SMILES string of the molecule is CC(C)C(C)CNc1nc(N)nc2[nH]ncc12. The minimum Gasteiger partial charge on any atom is -0.369 e. The van der Waals surface area contributed by atoms with E-state index in [0.29, 0.717) is 17.5 Å². The molecule has 1 unspecified atom stereocenters. The summed E-state index contributed by atoms with van der Waals surface area (Å²) in [5.74, 6) is 2.19. The van der Waals surface area contributed by atoms with Gasteiger partial charge in [-0.15, -0.1) is 0 Å². The first-order valence-corrected chi connectivity index (χ1v) is 5.78. The number of nitrogens with zero attached hydrogens (tertiary/aromatic N) is 3. The Balaban J connectivity index is 2.20. The summed E-state index contributed by atoms with van der Waals surface area (Å²) in [5.41, 5.74) is 6.30. The predicted molar refractivity (Wildman–Crippen MR) is 68.6 cm³/mol. The number of anilines is 2. The van der Waals surface area contributed by atoms with Crippen LogP contribution in [0.1, 0.15) is 20.8 Å². The molecule has 0 aliphatic carbocycles. The number of fused-ring (bicyclic) bond motifs is 1. The number of nitrogens with one attached hydrogen (secondary N) is 2. The van der Waals surface area contributed by atoms with Crippen molar-refractivity contribution < 1.29 is 0 Å². The molecule has 17 heavy (non-hydrogen) atoms. The monoisotopic (exact) mass is 234 g/mol.